The molecule has 2 rings (SSSR count). The van der Waals surface area contributed by atoms with Gasteiger partial charge in [-0.15, -0.1) is 0 Å². The molecule has 0 bridgehead atoms. The van der Waals surface area contributed by atoms with Gasteiger partial charge in [-0.2, -0.15) is 0 Å². The number of carbonyl (C=O) groups excluding carboxylic acids is 2. The predicted octanol–water partition coefficient (Wildman–Crippen LogP) is 2.33. The Balaban J connectivity index is 1.91. The molecule has 1 aromatic carbocycles. The summed E-state index contributed by atoms with van der Waals surface area (Å²) in [4.78, 5) is 25.6. The average molecular weight is 343 g/mol. The summed E-state index contributed by atoms with van der Waals surface area (Å²) < 4.78 is 13.6. The molecule has 0 aromatic heterocycles. The number of amides is 2. The van der Waals surface area contributed by atoms with Gasteiger partial charge < -0.3 is 10.2 Å². The summed E-state index contributed by atoms with van der Waals surface area (Å²) >= 11 is 3.19. The fraction of sp³-hybridized carbons (Fsp3) is 0.429. The third-order valence-corrected chi connectivity index (χ3v) is 3.97. The number of benzene rings is 1. The van der Waals surface area contributed by atoms with E-state index < -0.39 is 11.7 Å². The molecule has 20 heavy (non-hydrogen) atoms. The van der Waals surface area contributed by atoms with E-state index in [4.69, 9.17) is 0 Å². The maximum absolute atomic E-state index is 13.1. The van der Waals surface area contributed by atoms with E-state index in [1.165, 1.54) is 12.1 Å². The highest BCUT2D eigenvalue weighted by Crippen LogP contribution is 2.17. The molecule has 1 fully saturated rings. The SMILES string of the molecule is O=C(NCC(=O)N1CCCCC1)c1cc(F)ccc1Br. The Morgan fingerprint density at radius 1 is 1.25 bits per heavy atom. The van der Waals surface area contributed by atoms with Crippen LogP contribution in [0.25, 0.3) is 0 Å². The van der Waals surface area contributed by atoms with E-state index in [9.17, 15) is 14.0 Å². The maximum Gasteiger partial charge on any atom is 0.252 e. The van der Waals surface area contributed by atoms with Crippen LogP contribution in [0.4, 0.5) is 4.39 Å². The van der Waals surface area contributed by atoms with Gasteiger partial charge in [0.1, 0.15) is 5.82 Å². The first-order valence-corrected chi connectivity index (χ1v) is 7.38. The molecule has 4 nitrogen and oxygen atoms in total. The van der Waals surface area contributed by atoms with Crippen molar-refractivity contribution in [1.29, 1.82) is 0 Å². The first-order valence-electron chi connectivity index (χ1n) is 6.59. The normalized spacial score (nSPS) is 15.0. The summed E-state index contributed by atoms with van der Waals surface area (Å²) in [5.41, 5.74) is 0.191. The van der Waals surface area contributed by atoms with Crippen LogP contribution in [0.5, 0.6) is 0 Å². The van der Waals surface area contributed by atoms with E-state index in [0.29, 0.717) is 4.47 Å². The average Bonchev–Trinajstić information content (AvgIpc) is 2.47. The third-order valence-electron chi connectivity index (χ3n) is 3.28. The molecule has 2 amide bonds. The van der Waals surface area contributed by atoms with E-state index in [2.05, 4.69) is 21.2 Å². The monoisotopic (exact) mass is 342 g/mol. The molecule has 1 N–H and O–H groups in total. The largest absolute Gasteiger partial charge is 0.343 e. The maximum atomic E-state index is 13.1. The highest BCUT2D eigenvalue weighted by Gasteiger charge is 2.18. The number of likely N-dealkylation sites (tertiary alicyclic amines) is 1. The minimum atomic E-state index is -0.485. The Morgan fingerprint density at radius 3 is 2.65 bits per heavy atom. The van der Waals surface area contributed by atoms with Gasteiger partial charge in [-0.05, 0) is 53.4 Å². The fourth-order valence-electron chi connectivity index (χ4n) is 2.18. The number of nitrogens with one attached hydrogen (secondary N) is 1. The number of hydrogen-bond acceptors (Lipinski definition) is 2. The van der Waals surface area contributed by atoms with Crippen LogP contribution >= 0.6 is 15.9 Å². The van der Waals surface area contributed by atoms with Gasteiger partial charge in [0.15, 0.2) is 0 Å². The number of piperidine rings is 1. The molecule has 0 saturated carbocycles. The highest BCUT2D eigenvalue weighted by molar-refractivity contribution is 9.10. The topological polar surface area (TPSA) is 49.4 Å². The zero-order valence-corrected chi connectivity index (χ0v) is 12.6. The lowest BCUT2D eigenvalue weighted by Crippen LogP contribution is -2.42. The van der Waals surface area contributed by atoms with Crippen molar-refractivity contribution >= 4 is 27.7 Å². The molecule has 1 aliphatic rings. The Hall–Kier alpha value is -1.43. The van der Waals surface area contributed by atoms with Crippen molar-refractivity contribution in [2.45, 2.75) is 19.3 Å². The van der Waals surface area contributed by atoms with E-state index >= 15 is 0 Å². The second-order valence-electron chi connectivity index (χ2n) is 4.75. The van der Waals surface area contributed by atoms with Crippen LogP contribution < -0.4 is 5.32 Å². The van der Waals surface area contributed by atoms with Crippen LogP contribution in [0.15, 0.2) is 22.7 Å². The smallest absolute Gasteiger partial charge is 0.252 e. The first-order chi connectivity index (χ1) is 9.58. The quantitative estimate of drug-likeness (QED) is 0.916. The summed E-state index contributed by atoms with van der Waals surface area (Å²) in [5.74, 6) is -1.03. The van der Waals surface area contributed by atoms with E-state index in [0.717, 1.165) is 38.4 Å². The second kappa shape index (κ2) is 6.83. The lowest BCUT2D eigenvalue weighted by Gasteiger charge is -2.26. The van der Waals surface area contributed by atoms with Crippen molar-refractivity contribution in [3.05, 3.63) is 34.1 Å². The van der Waals surface area contributed by atoms with Gasteiger partial charge in [0.2, 0.25) is 5.91 Å². The predicted molar refractivity (Wildman–Crippen MR) is 76.9 cm³/mol. The molecular weight excluding hydrogens is 327 g/mol. The number of nitrogens with zero attached hydrogens (tertiary/aromatic N) is 1. The zero-order valence-electron chi connectivity index (χ0n) is 11.0. The van der Waals surface area contributed by atoms with Crippen molar-refractivity contribution < 1.29 is 14.0 Å². The molecule has 1 saturated heterocycles. The number of hydrogen-bond donors (Lipinski definition) is 1. The van der Waals surface area contributed by atoms with Crippen LogP contribution in [0.3, 0.4) is 0 Å². The number of carbonyl (C=O) groups is 2. The minimum absolute atomic E-state index is 0.0538. The summed E-state index contributed by atoms with van der Waals surface area (Å²) in [7, 11) is 0. The Bertz CT molecular complexity index is 516. The van der Waals surface area contributed by atoms with Gasteiger partial charge in [-0.1, -0.05) is 0 Å². The van der Waals surface area contributed by atoms with Gasteiger partial charge >= 0.3 is 0 Å². The van der Waals surface area contributed by atoms with Gasteiger partial charge in [0, 0.05) is 17.6 Å². The van der Waals surface area contributed by atoms with E-state index in [1.54, 1.807) is 4.90 Å². The zero-order chi connectivity index (χ0) is 14.5. The molecule has 1 heterocycles. The molecule has 0 spiro atoms. The van der Waals surface area contributed by atoms with E-state index in [1.807, 2.05) is 0 Å². The molecule has 6 heteroatoms. The van der Waals surface area contributed by atoms with Crippen molar-refractivity contribution in [1.82, 2.24) is 10.2 Å². The molecular formula is C14H16BrFN2O2. The summed E-state index contributed by atoms with van der Waals surface area (Å²) in [6, 6.07) is 3.88. The highest BCUT2D eigenvalue weighted by atomic mass is 79.9. The van der Waals surface area contributed by atoms with Crippen molar-refractivity contribution in [3.63, 3.8) is 0 Å². The number of halogens is 2. The van der Waals surface area contributed by atoms with Gasteiger partial charge in [-0.3, -0.25) is 9.59 Å². The van der Waals surface area contributed by atoms with Crippen molar-refractivity contribution in [2.24, 2.45) is 0 Å². The fourth-order valence-corrected chi connectivity index (χ4v) is 2.60. The Kier molecular flexibility index (Phi) is 5.11. The molecule has 1 aromatic rings. The summed E-state index contributed by atoms with van der Waals surface area (Å²) in [6.45, 7) is 1.44. The van der Waals surface area contributed by atoms with Gasteiger partial charge in [0.25, 0.3) is 5.91 Å². The first kappa shape index (κ1) is 15.0. The molecule has 0 radical (unpaired) electrons. The van der Waals surface area contributed by atoms with Gasteiger partial charge in [-0.25, -0.2) is 4.39 Å². The lowest BCUT2D eigenvalue weighted by molar-refractivity contribution is -0.130. The standard InChI is InChI=1S/C14H16BrFN2O2/c15-12-5-4-10(16)8-11(12)14(20)17-9-13(19)18-6-2-1-3-7-18/h4-5,8H,1-3,6-7,9H2,(H,17,20). The van der Waals surface area contributed by atoms with Crippen LogP contribution in [0, 0.1) is 5.82 Å². The van der Waals surface area contributed by atoms with Crippen LogP contribution in [-0.4, -0.2) is 36.3 Å². The third kappa shape index (κ3) is 3.79. The summed E-state index contributed by atoms with van der Waals surface area (Å²) in [5, 5.41) is 2.54. The van der Waals surface area contributed by atoms with E-state index in [-0.39, 0.29) is 18.0 Å². The van der Waals surface area contributed by atoms with Crippen molar-refractivity contribution in [2.75, 3.05) is 19.6 Å². The van der Waals surface area contributed by atoms with Crippen molar-refractivity contribution in [3.8, 4) is 0 Å². The molecule has 1 aliphatic heterocycles. The molecule has 108 valence electrons. The molecule has 0 unspecified atom stereocenters. The second-order valence-corrected chi connectivity index (χ2v) is 5.60. The van der Waals surface area contributed by atoms with Crippen LogP contribution in [0.2, 0.25) is 0 Å². The molecule has 0 atom stereocenters. The Labute approximate surface area is 125 Å². The van der Waals surface area contributed by atoms with Crippen LogP contribution in [-0.2, 0) is 4.79 Å². The minimum Gasteiger partial charge on any atom is -0.343 e. The number of rotatable bonds is 3. The molecule has 0 aliphatic carbocycles. The van der Waals surface area contributed by atoms with Gasteiger partial charge in [0.05, 0.1) is 12.1 Å². The lowest BCUT2D eigenvalue weighted by atomic mass is 10.1. The van der Waals surface area contributed by atoms with Crippen LogP contribution in [0.1, 0.15) is 29.6 Å². The Morgan fingerprint density at radius 2 is 1.95 bits per heavy atom. The summed E-state index contributed by atoms with van der Waals surface area (Å²) in [6.07, 6.45) is 3.16.